The number of ether oxygens (including phenoxy) is 2. The van der Waals surface area contributed by atoms with Crippen LogP contribution in [0.5, 0.6) is 0 Å². The normalized spacial score (nSPS) is 16.5. The molecule has 0 fully saturated rings. The van der Waals surface area contributed by atoms with Crippen LogP contribution in [-0.4, -0.2) is 53.3 Å². The van der Waals surface area contributed by atoms with Crippen molar-refractivity contribution in [2.24, 2.45) is 4.99 Å². The van der Waals surface area contributed by atoms with Crippen molar-refractivity contribution < 1.29 is 24.2 Å². The highest BCUT2D eigenvalue weighted by atomic mass is 16.5. The Balaban J connectivity index is 1.65. The van der Waals surface area contributed by atoms with Crippen molar-refractivity contribution >= 4 is 17.5 Å². The molecule has 0 amide bonds. The molecule has 3 rings (SSSR count). The maximum Gasteiger partial charge on any atom is 0.230 e. The number of hydrogen-bond donors (Lipinski definition) is 1. The van der Waals surface area contributed by atoms with E-state index in [-0.39, 0.29) is 31.1 Å². The lowest BCUT2D eigenvalue weighted by Crippen LogP contribution is -2.38. The third-order valence-electron chi connectivity index (χ3n) is 4.75. The molecule has 31 heavy (non-hydrogen) atoms. The number of carbonyl (C=O) groups excluding carboxylic acids is 2. The van der Waals surface area contributed by atoms with E-state index < -0.39 is 12.5 Å². The summed E-state index contributed by atoms with van der Waals surface area (Å²) in [5.74, 6) is 0.0611. The maximum absolute atomic E-state index is 13.0. The van der Waals surface area contributed by atoms with Crippen LogP contribution in [-0.2, 0) is 9.47 Å². The predicted molar refractivity (Wildman–Crippen MR) is 117 cm³/mol. The van der Waals surface area contributed by atoms with Gasteiger partial charge in [-0.1, -0.05) is 60.7 Å². The van der Waals surface area contributed by atoms with E-state index in [9.17, 15) is 14.7 Å². The number of benzene rings is 2. The van der Waals surface area contributed by atoms with Gasteiger partial charge in [-0.3, -0.25) is 9.59 Å². The van der Waals surface area contributed by atoms with Gasteiger partial charge in [-0.2, -0.15) is 4.99 Å². The number of aliphatic hydroxyl groups is 1. The molecule has 2 unspecified atom stereocenters. The first-order valence-corrected chi connectivity index (χ1v) is 10.2. The molecule has 162 valence electrons. The van der Waals surface area contributed by atoms with Gasteiger partial charge in [-0.05, 0) is 13.3 Å². The molecule has 0 spiro atoms. The topological polar surface area (TPSA) is 88.4 Å². The molecule has 0 radical (unpaired) electrons. The first-order valence-electron chi connectivity index (χ1n) is 10.2. The van der Waals surface area contributed by atoms with Gasteiger partial charge < -0.3 is 19.5 Å². The highest BCUT2D eigenvalue weighted by Crippen LogP contribution is 2.16. The van der Waals surface area contributed by atoms with Gasteiger partial charge in [0.25, 0.3) is 0 Å². The number of nitrogens with zero attached hydrogens (tertiary/aromatic N) is 2. The van der Waals surface area contributed by atoms with Crippen LogP contribution in [0.25, 0.3) is 0 Å². The fraction of sp³-hybridized carbons (Fsp3) is 0.292. The zero-order valence-electron chi connectivity index (χ0n) is 17.4. The summed E-state index contributed by atoms with van der Waals surface area (Å²) in [4.78, 5) is 31.0. The fourth-order valence-electron chi connectivity index (χ4n) is 3.10. The van der Waals surface area contributed by atoms with Crippen molar-refractivity contribution in [2.45, 2.75) is 32.2 Å². The van der Waals surface area contributed by atoms with Crippen LogP contribution in [0.4, 0.5) is 0 Å². The quantitative estimate of drug-likeness (QED) is 0.591. The molecule has 1 aliphatic heterocycles. The largest absolute Gasteiger partial charge is 0.478 e. The van der Waals surface area contributed by atoms with E-state index in [1.54, 1.807) is 60.8 Å². The molecular weight excluding hydrogens is 396 g/mol. The van der Waals surface area contributed by atoms with Crippen LogP contribution in [0.15, 0.2) is 77.9 Å². The molecule has 0 aliphatic carbocycles. The summed E-state index contributed by atoms with van der Waals surface area (Å²) in [6.07, 6.45) is 1.59. The van der Waals surface area contributed by atoms with Gasteiger partial charge in [0.15, 0.2) is 11.6 Å². The molecule has 0 saturated carbocycles. The van der Waals surface area contributed by atoms with Crippen LogP contribution in [0.1, 0.15) is 40.5 Å². The molecule has 2 aromatic rings. The summed E-state index contributed by atoms with van der Waals surface area (Å²) in [5, 5.41) is 10.2. The molecule has 2 aromatic carbocycles. The van der Waals surface area contributed by atoms with Crippen molar-refractivity contribution in [3.05, 3.63) is 84.1 Å². The van der Waals surface area contributed by atoms with Gasteiger partial charge in [0.2, 0.25) is 12.2 Å². The van der Waals surface area contributed by atoms with Crippen LogP contribution in [0.2, 0.25) is 0 Å². The van der Waals surface area contributed by atoms with E-state index in [4.69, 9.17) is 9.47 Å². The fourth-order valence-corrected chi connectivity index (χ4v) is 3.10. The number of ketones is 2. The van der Waals surface area contributed by atoms with E-state index in [1.165, 1.54) is 4.90 Å². The standard InChI is InChI=1S/C24H26N2O5/c1-2-30-22-15-16-26(24(29)25-22)17-31-21(23(28)19-11-7-4-8-12-19)14-13-20(27)18-9-5-3-6-10-18/h3-12,15-16,21,24,29H,2,13-14,17H2,1H3. The smallest absolute Gasteiger partial charge is 0.230 e. The summed E-state index contributed by atoms with van der Waals surface area (Å²) in [6.45, 7) is 2.20. The highest BCUT2D eigenvalue weighted by molar-refractivity contribution is 6.00. The lowest BCUT2D eigenvalue weighted by Gasteiger charge is -2.28. The van der Waals surface area contributed by atoms with Crippen LogP contribution < -0.4 is 0 Å². The van der Waals surface area contributed by atoms with E-state index in [0.717, 1.165) is 0 Å². The van der Waals surface area contributed by atoms with Gasteiger partial charge in [0.1, 0.15) is 12.8 Å². The predicted octanol–water partition coefficient (Wildman–Crippen LogP) is 3.42. The van der Waals surface area contributed by atoms with Gasteiger partial charge >= 0.3 is 0 Å². The Hall–Kier alpha value is -3.29. The molecule has 1 N–H and O–H groups in total. The van der Waals surface area contributed by atoms with E-state index in [2.05, 4.69) is 4.99 Å². The average Bonchev–Trinajstić information content (AvgIpc) is 2.81. The van der Waals surface area contributed by atoms with Crippen molar-refractivity contribution in [1.29, 1.82) is 0 Å². The van der Waals surface area contributed by atoms with Crippen LogP contribution >= 0.6 is 0 Å². The highest BCUT2D eigenvalue weighted by Gasteiger charge is 2.25. The van der Waals surface area contributed by atoms with E-state index in [1.807, 2.05) is 19.1 Å². The molecule has 0 saturated heterocycles. The van der Waals surface area contributed by atoms with E-state index in [0.29, 0.717) is 23.6 Å². The summed E-state index contributed by atoms with van der Waals surface area (Å²) < 4.78 is 11.1. The third kappa shape index (κ3) is 6.34. The number of carbonyl (C=O) groups is 2. The Labute approximate surface area is 181 Å². The summed E-state index contributed by atoms with van der Waals surface area (Å²) in [6, 6.07) is 17.8. The van der Waals surface area contributed by atoms with Crippen molar-refractivity contribution in [3.8, 4) is 0 Å². The molecule has 0 bridgehead atoms. The summed E-state index contributed by atoms with van der Waals surface area (Å²) in [7, 11) is 0. The van der Waals surface area contributed by atoms with Crippen molar-refractivity contribution in [2.75, 3.05) is 13.3 Å². The molecule has 1 aliphatic rings. The third-order valence-corrected chi connectivity index (χ3v) is 4.75. The molecule has 0 aromatic heterocycles. The monoisotopic (exact) mass is 422 g/mol. The second-order valence-electron chi connectivity index (χ2n) is 6.92. The Morgan fingerprint density at radius 3 is 2.32 bits per heavy atom. The first-order chi connectivity index (χ1) is 15.1. The number of hydrogen-bond acceptors (Lipinski definition) is 7. The summed E-state index contributed by atoms with van der Waals surface area (Å²) >= 11 is 0. The Kier molecular flexibility index (Phi) is 8.09. The molecule has 2 atom stereocenters. The minimum Gasteiger partial charge on any atom is -0.478 e. The molecule has 1 heterocycles. The van der Waals surface area contributed by atoms with Crippen LogP contribution in [0, 0.1) is 0 Å². The molecular formula is C24H26N2O5. The van der Waals surface area contributed by atoms with Crippen LogP contribution in [0.3, 0.4) is 0 Å². The number of aliphatic hydroxyl groups excluding tert-OH is 1. The van der Waals surface area contributed by atoms with Crippen molar-refractivity contribution in [3.63, 3.8) is 0 Å². The van der Waals surface area contributed by atoms with Gasteiger partial charge in [0.05, 0.1) is 6.61 Å². The zero-order chi connectivity index (χ0) is 22.1. The van der Waals surface area contributed by atoms with Gasteiger partial charge in [-0.25, -0.2) is 0 Å². The lowest BCUT2D eigenvalue weighted by molar-refractivity contribution is -0.0612. The minimum absolute atomic E-state index is 0.0566. The number of rotatable bonds is 10. The minimum atomic E-state index is -1.18. The van der Waals surface area contributed by atoms with Crippen molar-refractivity contribution in [1.82, 2.24) is 4.90 Å². The Bertz CT molecular complexity index is 928. The van der Waals surface area contributed by atoms with E-state index >= 15 is 0 Å². The second-order valence-corrected chi connectivity index (χ2v) is 6.92. The maximum atomic E-state index is 13.0. The first kappa shape index (κ1) is 22.4. The molecule has 7 nitrogen and oxygen atoms in total. The van der Waals surface area contributed by atoms with Gasteiger partial charge in [-0.15, -0.1) is 0 Å². The Morgan fingerprint density at radius 1 is 1.06 bits per heavy atom. The second kappa shape index (κ2) is 11.2. The Morgan fingerprint density at radius 2 is 1.71 bits per heavy atom. The number of Topliss-reactive ketones (excluding diaryl/α,β-unsaturated/α-hetero) is 2. The SMILES string of the molecule is CCOC1=NC(O)N(COC(CCC(=O)c2ccccc2)C(=O)c2ccccc2)C=C1. The summed E-state index contributed by atoms with van der Waals surface area (Å²) in [5.41, 5.74) is 1.10. The van der Waals surface area contributed by atoms with Gasteiger partial charge in [0, 0.05) is 29.8 Å². The number of aliphatic imine (C=N–C) groups is 1. The molecule has 7 heteroatoms. The zero-order valence-corrected chi connectivity index (χ0v) is 17.4. The average molecular weight is 422 g/mol. The lowest BCUT2D eigenvalue weighted by atomic mass is 9.99.